The van der Waals surface area contributed by atoms with Gasteiger partial charge in [0.05, 0.1) is 12.7 Å². The standard InChI is InChI=1S/C31H36O17/c1-3-4-19(37)46-28-21(38)18(10-32)45-31(25(28)42)47-26-11(2)43-30(24(41)23(26)40)48-29-22(39)20-16(36)8-13(33)9-17(20)44-27(29)12-5-6-14(34)15(35)7-12/h5-9,11,18,21,23-26,28,30-36,38,40-42H,3-4,10H2,1-2H3/t11-,18+,21+,23-,24+,25+,26-,28-,30-,31-/m0/s1. The number of benzene rings is 2. The second-order valence-electron chi connectivity index (χ2n) is 11.5. The van der Waals surface area contributed by atoms with Crippen LogP contribution in [0.3, 0.4) is 0 Å². The number of aliphatic hydroxyl groups excluding tert-OH is 5. The number of phenols is 4. The van der Waals surface area contributed by atoms with Gasteiger partial charge in [0.1, 0.15) is 59.1 Å². The molecule has 0 amide bonds. The van der Waals surface area contributed by atoms with Crippen LogP contribution < -0.4 is 10.2 Å². The molecule has 17 nitrogen and oxygen atoms in total. The largest absolute Gasteiger partial charge is 0.508 e. The lowest BCUT2D eigenvalue weighted by molar-refractivity contribution is -0.349. The van der Waals surface area contributed by atoms with Gasteiger partial charge in [0.25, 0.3) is 0 Å². The molecule has 2 aliphatic heterocycles. The molecule has 0 saturated carbocycles. The molecule has 0 spiro atoms. The molecule has 2 aromatic carbocycles. The molecule has 0 aliphatic carbocycles. The SMILES string of the molecule is CCCC(=O)O[C@@H]1[C@@H](O)[C@H](O[C@@H]2[C@@H](O)[C@@H](O)[C@H](Oc3c(-c4ccc(O)c(O)c4)oc4cc(O)cc(O)c4c3=O)O[C@H]2C)O[C@H](CO)[C@H]1O. The summed E-state index contributed by atoms with van der Waals surface area (Å²) >= 11 is 0. The smallest absolute Gasteiger partial charge is 0.306 e. The van der Waals surface area contributed by atoms with Gasteiger partial charge in [-0.05, 0) is 31.5 Å². The first-order valence-corrected chi connectivity index (χ1v) is 15.0. The average molecular weight is 681 g/mol. The van der Waals surface area contributed by atoms with Crippen molar-refractivity contribution in [1.29, 1.82) is 0 Å². The fourth-order valence-electron chi connectivity index (χ4n) is 5.51. The summed E-state index contributed by atoms with van der Waals surface area (Å²) in [6, 6.07) is 5.31. The van der Waals surface area contributed by atoms with Gasteiger partial charge in [-0.3, -0.25) is 9.59 Å². The van der Waals surface area contributed by atoms with Crippen LogP contribution in [0.25, 0.3) is 22.3 Å². The minimum absolute atomic E-state index is 0.0134. The van der Waals surface area contributed by atoms with Crippen molar-refractivity contribution in [2.45, 2.75) is 88.1 Å². The summed E-state index contributed by atoms with van der Waals surface area (Å²) in [5, 5.41) is 93.1. The van der Waals surface area contributed by atoms with E-state index in [-0.39, 0.29) is 23.3 Å². The number of carbonyl (C=O) groups is 1. The molecule has 9 N–H and O–H groups in total. The van der Waals surface area contributed by atoms with E-state index in [0.717, 1.165) is 24.3 Å². The van der Waals surface area contributed by atoms with Crippen molar-refractivity contribution in [3.05, 3.63) is 40.6 Å². The average Bonchev–Trinajstić information content (AvgIpc) is 3.03. The summed E-state index contributed by atoms with van der Waals surface area (Å²) in [5.74, 6) is -3.96. The second-order valence-corrected chi connectivity index (χ2v) is 11.5. The van der Waals surface area contributed by atoms with Gasteiger partial charge in [0.2, 0.25) is 17.5 Å². The quantitative estimate of drug-likeness (QED) is 0.103. The first-order chi connectivity index (χ1) is 22.7. The molecular formula is C31H36O17. The van der Waals surface area contributed by atoms with Gasteiger partial charge >= 0.3 is 5.97 Å². The monoisotopic (exact) mass is 680 g/mol. The lowest BCUT2D eigenvalue weighted by Crippen LogP contribution is -2.64. The number of rotatable bonds is 9. The molecule has 2 saturated heterocycles. The fraction of sp³-hybridized carbons (Fsp3) is 0.484. The summed E-state index contributed by atoms with van der Waals surface area (Å²) < 4.78 is 33.7. The summed E-state index contributed by atoms with van der Waals surface area (Å²) in [6.45, 7) is 2.35. The molecule has 5 rings (SSSR count). The molecule has 0 bridgehead atoms. The molecule has 2 aliphatic rings. The zero-order valence-electron chi connectivity index (χ0n) is 25.6. The Balaban J connectivity index is 1.43. The lowest BCUT2D eigenvalue weighted by Gasteiger charge is -2.46. The molecule has 3 aromatic rings. The molecule has 0 unspecified atom stereocenters. The summed E-state index contributed by atoms with van der Waals surface area (Å²) in [6.07, 6.45) is -15.9. The number of ether oxygens (including phenoxy) is 5. The maximum Gasteiger partial charge on any atom is 0.306 e. The van der Waals surface area contributed by atoms with Crippen LogP contribution >= 0.6 is 0 Å². The number of aliphatic hydroxyl groups is 5. The Morgan fingerprint density at radius 2 is 1.58 bits per heavy atom. The molecule has 17 heteroatoms. The van der Waals surface area contributed by atoms with Gasteiger partial charge in [-0.25, -0.2) is 0 Å². The first kappa shape index (κ1) is 35.1. The third-order valence-corrected chi connectivity index (χ3v) is 8.00. The molecule has 1 aromatic heterocycles. The first-order valence-electron chi connectivity index (χ1n) is 15.0. The van der Waals surface area contributed by atoms with Crippen LogP contribution in [0.15, 0.2) is 39.5 Å². The van der Waals surface area contributed by atoms with Gasteiger partial charge in [-0.15, -0.1) is 0 Å². The van der Waals surface area contributed by atoms with E-state index >= 15 is 0 Å². The zero-order chi connectivity index (χ0) is 35.0. The number of hydrogen-bond acceptors (Lipinski definition) is 17. The Labute approximate surface area is 271 Å². The van der Waals surface area contributed by atoms with Crippen LogP contribution in [-0.4, -0.2) is 120 Å². The van der Waals surface area contributed by atoms with Crippen molar-refractivity contribution >= 4 is 16.9 Å². The van der Waals surface area contributed by atoms with Gasteiger partial charge in [0, 0.05) is 24.1 Å². The minimum Gasteiger partial charge on any atom is -0.508 e. The highest BCUT2D eigenvalue weighted by Gasteiger charge is 2.52. The Morgan fingerprint density at radius 3 is 2.25 bits per heavy atom. The highest BCUT2D eigenvalue weighted by molar-refractivity contribution is 5.88. The number of aromatic hydroxyl groups is 4. The van der Waals surface area contributed by atoms with Crippen LogP contribution in [0, 0.1) is 0 Å². The highest BCUT2D eigenvalue weighted by Crippen LogP contribution is 2.40. The Morgan fingerprint density at radius 1 is 0.854 bits per heavy atom. The number of esters is 1. The van der Waals surface area contributed by atoms with Crippen molar-refractivity contribution in [2.75, 3.05) is 6.61 Å². The lowest BCUT2D eigenvalue weighted by atomic mass is 9.97. The van der Waals surface area contributed by atoms with E-state index in [0.29, 0.717) is 6.42 Å². The topological polar surface area (TPSA) is 275 Å². The van der Waals surface area contributed by atoms with E-state index in [1.165, 1.54) is 13.0 Å². The number of carbonyl (C=O) groups excluding carboxylic acids is 1. The maximum absolute atomic E-state index is 13.7. The van der Waals surface area contributed by atoms with E-state index in [4.69, 9.17) is 28.1 Å². The molecule has 262 valence electrons. The molecule has 2 fully saturated rings. The second kappa shape index (κ2) is 14.1. The highest BCUT2D eigenvalue weighted by atomic mass is 16.7. The van der Waals surface area contributed by atoms with Crippen molar-refractivity contribution in [1.82, 2.24) is 0 Å². The van der Waals surface area contributed by atoms with Gasteiger partial charge in [-0.2, -0.15) is 0 Å². The van der Waals surface area contributed by atoms with Gasteiger partial charge in [-0.1, -0.05) is 6.92 Å². The Hall–Kier alpha value is -4.20. The third-order valence-electron chi connectivity index (χ3n) is 8.00. The third kappa shape index (κ3) is 6.71. The van der Waals surface area contributed by atoms with Crippen LogP contribution in [0.5, 0.6) is 28.7 Å². The van der Waals surface area contributed by atoms with Crippen molar-refractivity contribution in [2.24, 2.45) is 0 Å². The Kier molecular flexibility index (Phi) is 10.3. The van der Waals surface area contributed by atoms with E-state index in [2.05, 4.69) is 0 Å². The Bertz CT molecular complexity index is 1690. The van der Waals surface area contributed by atoms with Crippen molar-refractivity contribution < 1.29 is 78.9 Å². The van der Waals surface area contributed by atoms with E-state index in [1.54, 1.807) is 6.92 Å². The van der Waals surface area contributed by atoms with E-state index < -0.39 is 114 Å². The zero-order valence-corrected chi connectivity index (χ0v) is 25.6. The van der Waals surface area contributed by atoms with Crippen molar-refractivity contribution in [3.63, 3.8) is 0 Å². The molecule has 10 atom stereocenters. The van der Waals surface area contributed by atoms with Crippen LogP contribution in [-0.2, 0) is 23.7 Å². The van der Waals surface area contributed by atoms with E-state index in [1.807, 2.05) is 0 Å². The predicted molar refractivity (Wildman–Crippen MR) is 159 cm³/mol. The molecule has 3 heterocycles. The van der Waals surface area contributed by atoms with E-state index in [9.17, 15) is 55.5 Å². The van der Waals surface area contributed by atoms with Crippen LogP contribution in [0.2, 0.25) is 0 Å². The van der Waals surface area contributed by atoms with Crippen LogP contribution in [0.1, 0.15) is 26.7 Å². The summed E-state index contributed by atoms with van der Waals surface area (Å²) in [5.41, 5.74) is -1.29. The maximum atomic E-state index is 13.7. The van der Waals surface area contributed by atoms with Crippen LogP contribution in [0.4, 0.5) is 0 Å². The predicted octanol–water partition coefficient (Wildman–Crippen LogP) is -0.336. The molecule has 0 radical (unpaired) electrons. The van der Waals surface area contributed by atoms with Crippen molar-refractivity contribution in [3.8, 4) is 40.1 Å². The van der Waals surface area contributed by atoms with Gasteiger partial charge < -0.3 is 74.1 Å². The summed E-state index contributed by atoms with van der Waals surface area (Å²) in [4.78, 5) is 25.8. The number of fused-ring (bicyclic) bond motifs is 1. The normalized spacial score (nSPS) is 30.6. The number of hydrogen-bond donors (Lipinski definition) is 9. The number of phenolic OH excluding ortho intramolecular Hbond substituents is 4. The molecule has 48 heavy (non-hydrogen) atoms. The van der Waals surface area contributed by atoms with Gasteiger partial charge in [0.15, 0.2) is 29.7 Å². The molecular weight excluding hydrogens is 644 g/mol. The minimum atomic E-state index is -1.96. The fourth-order valence-corrected chi connectivity index (χ4v) is 5.51. The summed E-state index contributed by atoms with van der Waals surface area (Å²) in [7, 11) is 0.